The summed E-state index contributed by atoms with van der Waals surface area (Å²) in [5.74, 6) is -0.0307. The van der Waals surface area contributed by atoms with Gasteiger partial charge < -0.3 is 4.74 Å². The maximum atomic E-state index is 13.7. The average molecular weight is 397 g/mol. The van der Waals surface area contributed by atoms with Gasteiger partial charge in [-0.15, -0.1) is 0 Å². The molecule has 0 radical (unpaired) electrons. The Labute approximate surface area is 162 Å². The van der Waals surface area contributed by atoms with Crippen LogP contribution in [-0.2, 0) is 10.0 Å². The molecule has 142 valence electrons. The molecule has 0 atom stereocenters. The number of hydrogen-bond donors (Lipinski definition) is 1. The first-order valence-electron chi connectivity index (χ1n) is 8.23. The fourth-order valence-electron chi connectivity index (χ4n) is 2.43. The molecule has 0 aliphatic heterocycles. The van der Waals surface area contributed by atoms with Crippen LogP contribution in [0.2, 0.25) is 0 Å². The lowest BCUT2D eigenvalue weighted by molar-refractivity contribution is 0.461. The standard InChI is InChI=1S/C20H16FN3O3S/c1-13-5-7-17(11-18(13)21)28(25,26)24-19-8-6-16(10-14(19)2)27-20-15(12-22)4-3-9-23-20/h3-11,24H,1-2H3. The van der Waals surface area contributed by atoms with Gasteiger partial charge in [0.2, 0.25) is 5.88 Å². The zero-order valence-corrected chi connectivity index (χ0v) is 15.9. The highest BCUT2D eigenvalue weighted by molar-refractivity contribution is 7.92. The molecule has 0 saturated carbocycles. The van der Waals surface area contributed by atoms with Gasteiger partial charge >= 0.3 is 0 Å². The van der Waals surface area contributed by atoms with E-state index in [0.29, 0.717) is 22.6 Å². The molecule has 6 nitrogen and oxygen atoms in total. The Kier molecular flexibility index (Phi) is 5.29. The molecule has 28 heavy (non-hydrogen) atoms. The topological polar surface area (TPSA) is 92.1 Å². The van der Waals surface area contributed by atoms with Crippen molar-refractivity contribution in [2.75, 3.05) is 4.72 Å². The SMILES string of the molecule is Cc1ccc(S(=O)(=O)Nc2ccc(Oc3ncccc3C#N)cc2C)cc1F. The summed E-state index contributed by atoms with van der Waals surface area (Å²) in [4.78, 5) is 3.86. The molecule has 1 heterocycles. The number of hydrogen-bond acceptors (Lipinski definition) is 5. The molecule has 3 rings (SSSR count). The molecular formula is C20H16FN3O3S. The number of sulfonamides is 1. The largest absolute Gasteiger partial charge is 0.438 e. The van der Waals surface area contributed by atoms with Crippen LogP contribution in [0.5, 0.6) is 11.6 Å². The molecule has 0 unspecified atom stereocenters. The third-order valence-corrected chi connectivity index (χ3v) is 5.37. The summed E-state index contributed by atoms with van der Waals surface area (Å²) in [5, 5.41) is 9.09. The number of anilines is 1. The Balaban J connectivity index is 1.84. The summed E-state index contributed by atoms with van der Waals surface area (Å²) in [7, 11) is -3.94. The zero-order chi connectivity index (χ0) is 20.3. The highest BCUT2D eigenvalue weighted by Gasteiger charge is 2.17. The second-order valence-corrected chi connectivity index (χ2v) is 7.75. The number of ether oxygens (including phenoxy) is 1. The third-order valence-electron chi connectivity index (χ3n) is 4.00. The number of halogens is 1. The first-order chi connectivity index (χ1) is 13.3. The Morgan fingerprint density at radius 3 is 2.57 bits per heavy atom. The molecular weight excluding hydrogens is 381 g/mol. The number of nitrogens with zero attached hydrogens (tertiary/aromatic N) is 2. The van der Waals surface area contributed by atoms with Crippen molar-refractivity contribution in [3.05, 3.63) is 77.2 Å². The average Bonchev–Trinajstić information content (AvgIpc) is 2.66. The Bertz CT molecular complexity index is 1190. The molecule has 0 amide bonds. The lowest BCUT2D eigenvalue weighted by Crippen LogP contribution is -2.14. The number of benzene rings is 2. The molecule has 3 aromatic rings. The molecule has 2 aromatic carbocycles. The molecule has 0 aliphatic rings. The van der Waals surface area contributed by atoms with E-state index in [2.05, 4.69) is 9.71 Å². The second-order valence-electron chi connectivity index (χ2n) is 6.06. The van der Waals surface area contributed by atoms with E-state index in [1.165, 1.54) is 24.4 Å². The van der Waals surface area contributed by atoms with E-state index in [1.54, 1.807) is 38.1 Å². The lowest BCUT2D eigenvalue weighted by Gasteiger charge is -2.13. The summed E-state index contributed by atoms with van der Waals surface area (Å²) in [6.07, 6.45) is 1.51. The minimum atomic E-state index is -3.94. The van der Waals surface area contributed by atoms with Crippen LogP contribution in [0, 0.1) is 31.0 Å². The predicted octanol–water partition coefficient (Wildman–Crippen LogP) is 4.30. The number of aryl methyl sites for hydroxylation is 2. The maximum Gasteiger partial charge on any atom is 0.262 e. The molecule has 0 bridgehead atoms. The van der Waals surface area contributed by atoms with E-state index in [-0.39, 0.29) is 16.3 Å². The molecule has 1 N–H and O–H groups in total. The van der Waals surface area contributed by atoms with Crippen molar-refractivity contribution in [2.24, 2.45) is 0 Å². The van der Waals surface area contributed by atoms with Gasteiger partial charge in [0.25, 0.3) is 10.0 Å². The van der Waals surface area contributed by atoms with Crippen molar-refractivity contribution in [3.8, 4) is 17.7 Å². The molecule has 0 spiro atoms. The summed E-state index contributed by atoms with van der Waals surface area (Å²) < 4.78 is 46.8. The summed E-state index contributed by atoms with van der Waals surface area (Å²) >= 11 is 0. The van der Waals surface area contributed by atoms with Crippen LogP contribution >= 0.6 is 0 Å². The van der Waals surface area contributed by atoms with Gasteiger partial charge in [0.05, 0.1) is 10.6 Å². The Morgan fingerprint density at radius 2 is 1.89 bits per heavy atom. The van der Waals surface area contributed by atoms with Gasteiger partial charge in [0.15, 0.2) is 0 Å². The van der Waals surface area contributed by atoms with Crippen LogP contribution in [0.3, 0.4) is 0 Å². The number of rotatable bonds is 5. The van der Waals surface area contributed by atoms with Crippen LogP contribution < -0.4 is 9.46 Å². The molecule has 0 fully saturated rings. The van der Waals surface area contributed by atoms with Crippen LogP contribution in [0.15, 0.2) is 59.6 Å². The monoisotopic (exact) mass is 397 g/mol. The highest BCUT2D eigenvalue weighted by atomic mass is 32.2. The predicted molar refractivity (Wildman–Crippen MR) is 102 cm³/mol. The van der Waals surface area contributed by atoms with Crippen molar-refractivity contribution in [1.29, 1.82) is 5.26 Å². The normalized spacial score (nSPS) is 10.9. The first kappa shape index (κ1) is 19.3. The quantitative estimate of drug-likeness (QED) is 0.693. The van der Waals surface area contributed by atoms with E-state index in [4.69, 9.17) is 10.00 Å². The summed E-state index contributed by atoms with van der Waals surface area (Å²) in [5.41, 5.74) is 1.56. The summed E-state index contributed by atoms with van der Waals surface area (Å²) in [6, 6.07) is 13.6. The van der Waals surface area contributed by atoms with Crippen molar-refractivity contribution in [1.82, 2.24) is 4.98 Å². The van der Waals surface area contributed by atoms with Crippen molar-refractivity contribution in [3.63, 3.8) is 0 Å². The third kappa shape index (κ3) is 4.10. The first-order valence-corrected chi connectivity index (χ1v) is 9.71. The maximum absolute atomic E-state index is 13.7. The number of aromatic nitrogens is 1. The van der Waals surface area contributed by atoms with Crippen LogP contribution in [-0.4, -0.2) is 13.4 Å². The van der Waals surface area contributed by atoms with Gasteiger partial charge in [-0.3, -0.25) is 4.72 Å². The second kappa shape index (κ2) is 7.66. The molecule has 0 saturated heterocycles. The molecule has 8 heteroatoms. The molecule has 0 aliphatic carbocycles. The smallest absolute Gasteiger partial charge is 0.262 e. The van der Waals surface area contributed by atoms with E-state index in [0.717, 1.165) is 6.07 Å². The number of pyridine rings is 1. The minimum absolute atomic E-state index is 0.160. The van der Waals surface area contributed by atoms with Crippen LogP contribution in [0.25, 0.3) is 0 Å². The fraction of sp³-hybridized carbons (Fsp3) is 0.100. The highest BCUT2D eigenvalue weighted by Crippen LogP contribution is 2.28. The van der Waals surface area contributed by atoms with Gasteiger partial charge in [-0.2, -0.15) is 5.26 Å². The van der Waals surface area contributed by atoms with Gasteiger partial charge in [-0.1, -0.05) is 6.07 Å². The fourth-order valence-corrected chi connectivity index (χ4v) is 3.57. The van der Waals surface area contributed by atoms with E-state index < -0.39 is 15.8 Å². The van der Waals surface area contributed by atoms with Gasteiger partial charge in [0.1, 0.15) is 23.2 Å². The van der Waals surface area contributed by atoms with Crippen molar-refractivity contribution >= 4 is 15.7 Å². The van der Waals surface area contributed by atoms with Crippen LogP contribution in [0.4, 0.5) is 10.1 Å². The Hall–Kier alpha value is -3.44. The minimum Gasteiger partial charge on any atom is -0.438 e. The van der Waals surface area contributed by atoms with E-state index in [1.807, 2.05) is 6.07 Å². The lowest BCUT2D eigenvalue weighted by atomic mass is 10.2. The van der Waals surface area contributed by atoms with Gasteiger partial charge in [-0.05, 0) is 67.4 Å². The van der Waals surface area contributed by atoms with E-state index >= 15 is 0 Å². The van der Waals surface area contributed by atoms with Crippen LogP contribution in [0.1, 0.15) is 16.7 Å². The van der Waals surface area contributed by atoms with Gasteiger partial charge in [-0.25, -0.2) is 17.8 Å². The van der Waals surface area contributed by atoms with Crippen molar-refractivity contribution in [2.45, 2.75) is 18.7 Å². The summed E-state index contributed by atoms with van der Waals surface area (Å²) in [6.45, 7) is 3.26. The van der Waals surface area contributed by atoms with Crippen molar-refractivity contribution < 1.29 is 17.5 Å². The Morgan fingerprint density at radius 1 is 1.11 bits per heavy atom. The molecule has 1 aromatic heterocycles. The number of nitriles is 1. The number of nitrogens with one attached hydrogen (secondary N) is 1. The van der Waals surface area contributed by atoms with E-state index in [9.17, 15) is 12.8 Å². The van der Waals surface area contributed by atoms with Gasteiger partial charge in [0, 0.05) is 6.20 Å². The zero-order valence-electron chi connectivity index (χ0n) is 15.1.